The molecule has 0 radical (unpaired) electrons. The van der Waals surface area contributed by atoms with E-state index in [2.05, 4.69) is 10.2 Å². The summed E-state index contributed by atoms with van der Waals surface area (Å²) >= 11 is 0. The van der Waals surface area contributed by atoms with Gasteiger partial charge < -0.3 is 15.3 Å². The summed E-state index contributed by atoms with van der Waals surface area (Å²) in [5.74, 6) is -1.51. The van der Waals surface area contributed by atoms with Crippen LogP contribution in [0.25, 0.3) is 0 Å². The molecule has 1 aliphatic rings. The number of amides is 1. The molecule has 8 nitrogen and oxygen atoms in total. The molecule has 0 atom stereocenters. The van der Waals surface area contributed by atoms with E-state index in [0.29, 0.717) is 16.9 Å². The van der Waals surface area contributed by atoms with E-state index in [0.717, 1.165) is 32.4 Å². The Hall–Kier alpha value is -3.42. The van der Waals surface area contributed by atoms with E-state index in [1.165, 1.54) is 30.3 Å². The summed E-state index contributed by atoms with van der Waals surface area (Å²) in [4.78, 5) is 36.7. The smallest absolute Gasteiger partial charge is 0.335 e. The SMILES string of the molecule is Cc1cc(C(=O)O)ccc1NC(=O)c1cc([N+](=O)[O-])ccc1N1CCCCC1. The Balaban J connectivity index is 1.94. The molecule has 2 N–H and O–H groups in total. The molecule has 0 spiro atoms. The Kier molecular flexibility index (Phi) is 5.58. The number of aromatic carboxylic acids is 1. The van der Waals surface area contributed by atoms with Crippen LogP contribution in [0.15, 0.2) is 36.4 Å². The van der Waals surface area contributed by atoms with Crippen LogP contribution in [-0.4, -0.2) is 35.0 Å². The van der Waals surface area contributed by atoms with Crippen molar-refractivity contribution in [3.05, 3.63) is 63.2 Å². The van der Waals surface area contributed by atoms with Gasteiger partial charge in [0, 0.05) is 30.9 Å². The molecule has 8 heteroatoms. The van der Waals surface area contributed by atoms with E-state index in [-0.39, 0.29) is 16.8 Å². The molecule has 146 valence electrons. The summed E-state index contributed by atoms with van der Waals surface area (Å²) < 4.78 is 0. The van der Waals surface area contributed by atoms with Crippen molar-refractivity contribution in [2.24, 2.45) is 0 Å². The highest BCUT2D eigenvalue weighted by molar-refractivity contribution is 6.09. The minimum absolute atomic E-state index is 0.125. The normalized spacial score (nSPS) is 13.8. The lowest BCUT2D eigenvalue weighted by molar-refractivity contribution is -0.384. The minimum atomic E-state index is -1.05. The highest BCUT2D eigenvalue weighted by Crippen LogP contribution is 2.29. The average Bonchev–Trinajstić information content (AvgIpc) is 2.69. The second-order valence-electron chi connectivity index (χ2n) is 6.80. The maximum atomic E-state index is 12.9. The van der Waals surface area contributed by atoms with Crippen LogP contribution in [0.2, 0.25) is 0 Å². The Labute approximate surface area is 161 Å². The van der Waals surface area contributed by atoms with Gasteiger partial charge in [0.1, 0.15) is 0 Å². The zero-order chi connectivity index (χ0) is 20.3. The number of nitrogens with one attached hydrogen (secondary N) is 1. The predicted molar refractivity (Wildman–Crippen MR) is 105 cm³/mol. The minimum Gasteiger partial charge on any atom is -0.478 e. The van der Waals surface area contributed by atoms with Gasteiger partial charge in [-0.15, -0.1) is 0 Å². The lowest BCUT2D eigenvalue weighted by Gasteiger charge is -2.30. The van der Waals surface area contributed by atoms with Gasteiger partial charge in [0.2, 0.25) is 0 Å². The van der Waals surface area contributed by atoms with Crippen LogP contribution in [0.5, 0.6) is 0 Å². The molecule has 1 heterocycles. The second-order valence-corrected chi connectivity index (χ2v) is 6.80. The number of hydrogen-bond donors (Lipinski definition) is 2. The molecule has 0 bridgehead atoms. The van der Waals surface area contributed by atoms with Crippen LogP contribution < -0.4 is 10.2 Å². The van der Waals surface area contributed by atoms with Crippen molar-refractivity contribution in [3.63, 3.8) is 0 Å². The monoisotopic (exact) mass is 383 g/mol. The number of nitro groups is 1. The van der Waals surface area contributed by atoms with Crippen LogP contribution in [0.4, 0.5) is 17.1 Å². The van der Waals surface area contributed by atoms with Crippen LogP contribution >= 0.6 is 0 Å². The molecule has 28 heavy (non-hydrogen) atoms. The fourth-order valence-electron chi connectivity index (χ4n) is 3.36. The van der Waals surface area contributed by atoms with E-state index in [1.807, 2.05) is 0 Å². The summed E-state index contributed by atoms with van der Waals surface area (Å²) in [6, 6.07) is 8.72. The number of carboxylic acid groups (broad SMARTS) is 1. The van der Waals surface area contributed by atoms with Gasteiger partial charge >= 0.3 is 5.97 Å². The van der Waals surface area contributed by atoms with Gasteiger partial charge in [-0.05, 0) is 56.0 Å². The van der Waals surface area contributed by atoms with Gasteiger partial charge in [0.05, 0.1) is 21.7 Å². The van der Waals surface area contributed by atoms with E-state index >= 15 is 0 Å². The third-order valence-electron chi connectivity index (χ3n) is 4.85. The van der Waals surface area contributed by atoms with Crippen molar-refractivity contribution in [1.82, 2.24) is 0 Å². The molecule has 0 unspecified atom stereocenters. The number of carboxylic acids is 1. The largest absolute Gasteiger partial charge is 0.478 e. The van der Waals surface area contributed by atoms with E-state index < -0.39 is 16.8 Å². The summed E-state index contributed by atoms with van der Waals surface area (Å²) in [6.45, 7) is 3.29. The lowest BCUT2D eigenvalue weighted by Crippen LogP contribution is -2.31. The molecule has 2 aromatic rings. The zero-order valence-electron chi connectivity index (χ0n) is 15.5. The summed E-state index contributed by atoms with van der Waals surface area (Å²) in [6.07, 6.45) is 3.14. The van der Waals surface area contributed by atoms with Gasteiger partial charge in [-0.1, -0.05) is 0 Å². The van der Waals surface area contributed by atoms with Gasteiger partial charge in [-0.25, -0.2) is 4.79 Å². The standard InChI is InChI=1S/C20H21N3O5/c1-13-11-14(20(25)26)5-7-17(13)21-19(24)16-12-15(23(27)28)6-8-18(16)22-9-3-2-4-10-22/h5-8,11-12H,2-4,9-10H2,1H3,(H,21,24)(H,25,26). The van der Waals surface area contributed by atoms with Crippen LogP contribution in [0, 0.1) is 17.0 Å². The number of nitrogens with zero attached hydrogens (tertiary/aromatic N) is 2. The first-order valence-electron chi connectivity index (χ1n) is 9.05. The molecule has 1 amide bonds. The predicted octanol–water partition coefficient (Wildman–Crippen LogP) is 3.84. The van der Waals surface area contributed by atoms with Crippen LogP contribution in [0.3, 0.4) is 0 Å². The van der Waals surface area contributed by atoms with Gasteiger partial charge in [-0.2, -0.15) is 0 Å². The van der Waals surface area contributed by atoms with Crippen LogP contribution in [0.1, 0.15) is 45.5 Å². The van der Waals surface area contributed by atoms with Gasteiger partial charge in [0.15, 0.2) is 0 Å². The average molecular weight is 383 g/mol. The third-order valence-corrected chi connectivity index (χ3v) is 4.85. The Bertz CT molecular complexity index is 935. The number of rotatable bonds is 5. The summed E-state index contributed by atoms with van der Waals surface area (Å²) in [7, 11) is 0. The molecular formula is C20H21N3O5. The van der Waals surface area contributed by atoms with Crippen molar-refractivity contribution >= 4 is 28.9 Å². The highest BCUT2D eigenvalue weighted by Gasteiger charge is 2.22. The number of non-ortho nitro benzene ring substituents is 1. The van der Waals surface area contributed by atoms with Gasteiger partial charge in [0.25, 0.3) is 11.6 Å². The number of nitro benzene ring substituents is 1. The molecule has 1 fully saturated rings. The Morgan fingerprint density at radius 3 is 2.43 bits per heavy atom. The van der Waals surface area contributed by atoms with Crippen molar-refractivity contribution in [1.29, 1.82) is 0 Å². The molecule has 3 rings (SSSR count). The van der Waals surface area contributed by atoms with Crippen LogP contribution in [-0.2, 0) is 0 Å². The molecule has 0 saturated carbocycles. The number of benzene rings is 2. The van der Waals surface area contributed by atoms with Gasteiger partial charge in [-0.3, -0.25) is 14.9 Å². The number of anilines is 2. The number of aryl methyl sites for hydroxylation is 1. The number of carbonyl (C=O) groups is 2. The first-order valence-corrected chi connectivity index (χ1v) is 9.05. The first-order chi connectivity index (χ1) is 13.4. The fourth-order valence-corrected chi connectivity index (χ4v) is 3.36. The topological polar surface area (TPSA) is 113 Å². The second kappa shape index (κ2) is 8.08. The highest BCUT2D eigenvalue weighted by atomic mass is 16.6. The fraction of sp³-hybridized carbons (Fsp3) is 0.300. The summed E-state index contributed by atoms with van der Waals surface area (Å²) in [5, 5.41) is 23.0. The molecule has 1 aliphatic heterocycles. The maximum absolute atomic E-state index is 12.9. The summed E-state index contributed by atoms with van der Waals surface area (Å²) in [5.41, 5.74) is 1.94. The van der Waals surface area contributed by atoms with E-state index in [9.17, 15) is 19.7 Å². The van der Waals surface area contributed by atoms with Crippen molar-refractivity contribution in [2.45, 2.75) is 26.2 Å². The lowest BCUT2D eigenvalue weighted by atomic mass is 10.0. The Morgan fingerprint density at radius 1 is 1.11 bits per heavy atom. The number of carbonyl (C=O) groups excluding carboxylic acids is 1. The Morgan fingerprint density at radius 2 is 1.82 bits per heavy atom. The number of piperidine rings is 1. The van der Waals surface area contributed by atoms with Crippen molar-refractivity contribution in [3.8, 4) is 0 Å². The molecular weight excluding hydrogens is 362 g/mol. The molecule has 0 aromatic heterocycles. The molecule has 1 saturated heterocycles. The number of hydrogen-bond acceptors (Lipinski definition) is 5. The first kappa shape index (κ1) is 19.3. The quantitative estimate of drug-likeness (QED) is 0.599. The maximum Gasteiger partial charge on any atom is 0.335 e. The zero-order valence-corrected chi connectivity index (χ0v) is 15.5. The van der Waals surface area contributed by atoms with Crippen molar-refractivity contribution < 1.29 is 19.6 Å². The third kappa shape index (κ3) is 4.11. The van der Waals surface area contributed by atoms with E-state index in [1.54, 1.807) is 13.0 Å². The van der Waals surface area contributed by atoms with E-state index in [4.69, 9.17) is 5.11 Å². The van der Waals surface area contributed by atoms with Crippen molar-refractivity contribution in [2.75, 3.05) is 23.3 Å². The molecule has 2 aromatic carbocycles. The molecule has 0 aliphatic carbocycles.